The molecule has 1 aromatic carbocycles. The van der Waals surface area contributed by atoms with Crippen LogP contribution in [-0.2, 0) is 4.74 Å². The van der Waals surface area contributed by atoms with E-state index in [1.807, 2.05) is 18.2 Å². The van der Waals surface area contributed by atoms with Crippen molar-refractivity contribution in [2.75, 3.05) is 11.9 Å². The summed E-state index contributed by atoms with van der Waals surface area (Å²) < 4.78 is 18.3. The standard InChI is InChI=1S/C21H17FN4O2/c1-2-28-21(27)25-17-8-7-16-18(13-9-11-23-12-10-13)19(26-20(16)24-17)14-3-5-15(22)6-4-14/h3-12H,2H2,1H3,(H2,24,25,26,27). The first-order valence-corrected chi connectivity index (χ1v) is 8.78. The van der Waals surface area contributed by atoms with Crippen molar-refractivity contribution >= 4 is 22.9 Å². The topological polar surface area (TPSA) is 79.9 Å². The Labute approximate surface area is 160 Å². The van der Waals surface area contributed by atoms with Crippen LogP contribution in [0.5, 0.6) is 0 Å². The van der Waals surface area contributed by atoms with Crippen LogP contribution in [0.15, 0.2) is 60.9 Å². The van der Waals surface area contributed by atoms with E-state index in [4.69, 9.17) is 4.74 Å². The van der Waals surface area contributed by atoms with Crippen LogP contribution in [0, 0.1) is 5.82 Å². The molecule has 2 N–H and O–H groups in total. The molecule has 140 valence electrons. The van der Waals surface area contributed by atoms with Gasteiger partial charge in [-0.05, 0) is 66.6 Å². The summed E-state index contributed by atoms with van der Waals surface area (Å²) in [5.41, 5.74) is 4.11. The van der Waals surface area contributed by atoms with Gasteiger partial charge in [0, 0.05) is 23.3 Å². The van der Waals surface area contributed by atoms with Crippen LogP contribution in [0.25, 0.3) is 33.4 Å². The number of halogens is 1. The Morgan fingerprint density at radius 1 is 1.07 bits per heavy atom. The molecule has 3 aromatic heterocycles. The predicted molar refractivity (Wildman–Crippen MR) is 105 cm³/mol. The number of anilines is 1. The molecule has 0 saturated heterocycles. The maximum absolute atomic E-state index is 13.4. The molecule has 1 amide bonds. The molecular weight excluding hydrogens is 359 g/mol. The van der Waals surface area contributed by atoms with Crippen molar-refractivity contribution in [2.45, 2.75) is 6.92 Å². The normalized spacial score (nSPS) is 10.8. The van der Waals surface area contributed by atoms with Crippen LogP contribution in [0.1, 0.15) is 6.92 Å². The average Bonchev–Trinajstić information content (AvgIpc) is 3.08. The molecule has 0 atom stereocenters. The second-order valence-corrected chi connectivity index (χ2v) is 6.06. The number of fused-ring (bicyclic) bond motifs is 1. The molecule has 7 heteroatoms. The number of benzene rings is 1. The monoisotopic (exact) mass is 376 g/mol. The average molecular weight is 376 g/mol. The Kier molecular flexibility index (Phi) is 4.72. The maximum Gasteiger partial charge on any atom is 0.412 e. The number of ether oxygens (including phenoxy) is 1. The van der Waals surface area contributed by atoms with Gasteiger partial charge in [-0.3, -0.25) is 10.3 Å². The van der Waals surface area contributed by atoms with Crippen LogP contribution in [0.3, 0.4) is 0 Å². The highest BCUT2D eigenvalue weighted by Gasteiger charge is 2.17. The molecule has 0 fully saturated rings. The number of hydrogen-bond donors (Lipinski definition) is 2. The van der Waals surface area contributed by atoms with E-state index in [9.17, 15) is 9.18 Å². The van der Waals surface area contributed by atoms with E-state index in [-0.39, 0.29) is 12.4 Å². The summed E-state index contributed by atoms with van der Waals surface area (Å²) in [7, 11) is 0. The van der Waals surface area contributed by atoms with Gasteiger partial charge in [0.05, 0.1) is 12.3 Å². The highest BCUT2D eigenvalue weighted by molar-refractivity contribution is 6.03. The van der Waals surface area contributed by atoms with Gasteiger partial charge in [0.1, 0.15) is 17.3 Å². The Morgan fingerprint density at radius 2 is 1.82 bits per heavy atom. The minimum Gasteiger partial charge on any atom is -0.450 e. The van der Waals surface area contributed by atoms with Gasteiger partial charge in [-0.25, -0.2) is 14.2 Å². The first kappa shape index (κ1) is 17.7. The molecule has 4 rings (SSSR count). The third-order valence-corrected chi connectivity index (χ3v) is 4.27. The zero-order valence-corrected chi connectivity index (χ0v) is 15.1. The Balaban J connectivity index is 1.86. The highest BCUT2D eigenvalue weighted by atomic mass is 19.1. The van der Waals surface area contributed by atoms with Crippen LogP contribution < -0.4 is 5.32 Å². The molecule has 0 aliphatic carbocycles. The molecule has 0 aliphatic heterocycles. The molecule has 0 unspecified atom stereocenters. The summed E-state index contributed by atoms with van der Waals surface area (Å²) in [5.74, 6) is 0.0727. The second-order valence-electron chi connectivity index (χ2n) is 6.06. The van der Waals surface area contributed by atoms with Gasteiger partial charge in [-0.2, -0.15) is 0 Å². The molecule has 0 radical (unpaired) electrons. The molecule has 6 nitrogen and oxygen atoms in total. The lowest BCUT2D eigenvalue weighted by atomic mass is 10.00. The number of nitrogens with zero attached hydrogens (tertiary/aromatic N) is 2. The number of hydrogen-bond acceptors (Lipinski definition) is 4. The van der Waals surface area contributed by atoms with Crippen molar-refractivity contribution in [3.8, 4) is 22.4 Å². The molecule has 28 heavy (non-hydrogen) atoms. The number of nitrogens with one attached hydrogen (secondary N) is 2. The van der Waals surface area contributed by atoms with Crippen LogP contribution in [0.2, 0.25) is 0 Å². The van der Waals surface area contributed by atoms with E-state index in [0.717, 1.165) is 27.8 Å². The van der Waals surface area contributed by atoms with Crippen LogP contribution >= 0.6 is 0 Å². The van der Waals surface area contributed by atoms with Crippen LogP contribution in [-0.4, -0.2) is 27.7 Å². The summed E-state index contributed by atoms with van der Waals surface area (Å²) in [4.78, 5) is 23.5. The van der Waals surface area contributed by atoms with E-state index in [1.54, 1.807) is 37.5 Å². The zero-order valence-electron chi connectivity index (χ0n) is 15.1. The van der Waals surface area contributed by atoms with Gasteiger partial charge in [0.25, 0.3) is 0 Å². The molecule has 3 heterocycles. The fourth-order valence-corrected chi connectivity index (χ4v) is 3.06. The zero-order chi connectivity index (χ0) is 19.5. The minimum absolute atomic E-state index is 0.275. The van der Waals surface area contributed by atoms with E-state index in [1.165, 1.54) is 12.1 Å². The Morgan fingerprint density at radius 3 is 2.54 bits per heavy atom. The van der Waals surface area contributed by atoms with Gasteiger partial charge in [0.2, 0.25) is 0 Å². The van der Waals surface area contributed by atoms with E-state index >= 15 is 0 Å². The lowest BCUT2D eigenvalue weighted by molar-refractivity contribution is 0.168. The van der Waals surface area contributed by atoms with Gasteiger partial charge >= 0.3 is 6.09 Å². The summed E-state index contributed by atoms with van der Waals surface area (Å²) in [6, 6.07) is 13.7. The van der Waals surface area contributed by atoms with E-state index < -0.39 is 6.09 Å². The lowest BCUT2D eigenvalue weighted by Crippen LogP contribution is -2.14. The quantitative estimate of drug-likeness (QED) is 0.525. The fraction of sp³-hybridized carbons (Fsp3) is 0.0952. The first-order valence-electron chi connectivity index (χ1n) is 8.78. The summed E-state index contributed by atoms with van der Waals surface area (Å²) in [6.45, 7) is 2.01. The van der Waals surface area contributed by atoms with Crippen LogP contribution in [0.4, 0.5) is 15.0 Å². The SMILES string of the molecule is CCOC(=O)Nc1ccc2c(-c3ccncc3)c(-c3ccc(F)cc3)[nH]c2n1. The number of rotatable bonds is 4. The molecule has 0 spiro atoms. The Bertz CT molecular complexity index is 1120. The maximum atomic E-state index is 13.4. The lowest BCUT2D eigenvalue weighted by Gasteiger charge is -2.06. The number of amides is 1. The number of carbonyl (C=O) groups excluding carboxylic acids is 1. The summed E-state index contributed by atoms with van der Waals surface area (Å²) in [5, 5.41) is 3.47. The molecule has 0 aliphatic rings. The number of pyridine rings is 2. The third-order valence-electron chi connectivity index (χ3n) is 4.27. The van der Waals surface area contributed by atoms with Crippen molar-refractivity contribution in [3.63, 3.8) is 0 Å². The van der Waals surface area contributed by atoms with Gasteiger partial charge in [-0.1, -0.05) is 0 Å². The van der Waals surface area contributed by atoms with Crippen molar-refractivity contribution in [2.24, 2.45) is 0 Å². The molecule has 0 saturated carbocycles. The summed E-state index contributed by atoms with van der Waals surface area (Å²) >= 11 is 0. The summed E-state index contributed by atoms with van der Waals surface area (Å²) in [6.07, 6.45) is 2.87. The number of aromatic nitrogens is 3. The largest absolute Gasteiger partial charge is 0.450 e. The predicted octanol–water partition coefficient (Wildman–Crippen LogP) is 5.00. The second kappa shape index (κ2) is 7.48. The van der Waals surface area contributed by atoms with Crippen molar-refractivity contribution in [1.29, 1.82) is 0 Å². The van der Waals surface area contributed by atoms with Crippen molar-refractivity contribution < 1.29 is 13.9 Å². The third kappa shape index (κ3) is 3.42. The molecular formula is C21H17FN4O2. The van der Waals surface area contributed by atoms with E-state index in [0.29, 0.717) is 11.5 Å². The number of H-pyrrole nitrogens is 1. The van der Waals surface area contributed by atoms with Gasteiger partial charge in [-0.15, -0.1) is 0 Å². The van der Waals surface area contributed by atoms with Gasteiger partial charge in [0.15, 0.2) is 0 Å². The van der Waals surface area contributed by atoms with Gasteiger partial charge < -0.3 is 9.72 Å². The highest BCUT2D eigenvalue weighted by Crippen LogP contribution is 2.38. The molecule has 4 aromatic rings. The van der Waals surface area contributed by atoms with Crippen molar-refractivity contribution in [3.05, 3.63) is 66.7 Å². The minimum atomic E-state index is -0.561. The van der Waals surface area contributed by atoms with Crippen molar-refractivity contribution in [1.82, 2.24) is 15.0 Å². The number of carbonyl (C=O) groups is 1. The smallest absolute Gasteiger partial charge is 0.412 e. The Hall–Kier alpha value is -3.74. The number of aromatic amines is 1. The fourth-order valence-electron chi connectivity index (χ4n) is 3.06. The first-order chi connectivity index (χ1) is 13.7. The van der Waals surface area contributed by atoms with E-state index in [2.05, 4.69) is 20.3 Å². The molecule has 0 bridgehead atoms.